The van der Waals surface area contributed by atoms with E-state index in [1.165, 1.54) is 0 Å². The van der Waals surface area contributed by atoms with Crippen LogP contribution in [0.5, 0.6) is 5.75 Å². The Bertz CT molecular complexity index is 392. The van der Waals surface area contributed by atoms with E-state index in [9.17, 15) is 9.90 Å². The molecule has 18 heavy (non-hydrogen) atoms. The number of ether oxygens (including phenoxy) is 1. The Hall–Kier alpha value is -1.55. The number of phenolic OH excluding ortho intramolecular Hbond substituents is 1. The summed E-state index contributed by atoms with van der Waals surface area (Å²) in [6.07, 6.45) is 0.911. The molecule has 1 rings (SSSR count). The van der Waals surface area contributed by atoms with E-state index in [1.807, 2.05) is 13.8 Å². The fourth-order valence-electron chi connectivity index (χ4n) is 1.63. The molecule has 2 N–H and O–H groups in total. The van der Waals surface area contributed by atoms with Crippen molar-refractivity contribution in [1.29, 1.82) is 0 Å². The minimum atomic E-state index is -0.535. The third-order valence-electron chi connectivity index (χ3n) is 2.79. The lowest BCUT2D eigenvalue weighted by Crippen LogP contribution is -2.36. The van der Waals surface area contributed by atoms with Gasteiger partial charge in [-0.1, -0.05) is 19.1 Å². The van der Waals surface area contributed by atoms with Gasteiger partial charge in [0.05, 0.1) is 6.61 Å². The van der Waals surface area contributed by atoms with Gasteiger partial charge in [0.1, 0.15) is 11.8 Å². The molecule has 0 aliphatic rings. The van der Waals surface area contributed by atoms with Crippen LogP contribution in [0.25, 0.3) is 0 Å². The fraction of sp³-hybridized carbons (Fsp3) is 0.500. The highest BCUT2D eigenvalue weighted by Crippen LogP contribution is 2.20. The summed E-state index contributed by atoms with van der Waals surface area (Å²) < 4.78 is 5.06. The van der Waals surface area contributed by atoms with Crippen molar-refractivity contribution in [1.82, 2.24) is 5.32 Å². The number of hydrogen-bond acceptors (Lipinski definition) is 4. The molecule has 4 heteroatoms. The molecule has 4 nitrogen and oxygen atoms in total. The number of esters is 1. The minimum absolute atomic E-state index is 0.146. The van der Waals surface area contributed by atoms with E-state index in [4.69, 9.17) is 4.74 Å². The molecule has 0 aliphatic heterocycles. The highest BCUT2D eigenvalue weighted by molar-refractivity contribution is 5.77. The zero-order valence-corrected chi connectivity index (χ0v) is 11.1. The van der Waals surface area contributed by atoms with Gasteiger partial charge in [0, 0.05) is 6.04 Å². The van der Waals surface area contributed by atoms with Crippen molar-refractivity contribution in [2.45, 2.75) is 39.3 Å². The number of nitrogens with one attached hydrogen (secondary N) is 1. The Morgan fingerprint density at radius 3 is 2.72 bits per heavy atom. The van der Waals surface area contributed by atoms with Crippen molar-refractivity contribution in [2.75, 3.05) is 6.61 Å². The van der Waals surface area contributed by atoms with E-state index in [0.29, 0.717) is 12.2 Å². The van der Waals surface area contributed by atoms with Crippen LogP contribution in [0.2, 0.25) is 0 Å². The Morgan fingerprint density at radius 1 is 1.44 bits per heavy atom. The third kappa shape index (κ3) is 4.04. The molecule has 0 fully saturated rings. The SMILES string of the molecule is CCOC(=O)C(NC(C)CC)c1cccc(O)c1. The Kier molecular flexibility index (Phi) is 5.65. The van der Waals surface area contributed by atoms with E-state index in [0.717, 1.165) is 6.42 Å². The van der Waals surface area contributed by atoms with Crippen LogP contribution in [-0.4, -0.2) is 23.7 Å². The van der Waals surface area contributed by atoms with E-state index >= 15 is 0 Å². The van der Waals surface area contributed by atoms with Crippen LogP contribution in [0.3, 0.4) is 0 Å². The summed E-state index contributed by atoms with van der Waals surface area (Å²) in [6.45, 7) is 6.17. The maximum absolute atomic E-state index is 11.9. The summed E-state index contributed by atoms with van der Waals surface area (Å²) in [7, 11) is 0. The molecular formula is C14H21NO3. The quantitative estimate of drug-likeness (QED) is 0.762. The molecular weight excluding hydrogens is 230 g/mol. The number of benzene rings is 1. The first kappa shape index (κ1) is 14.5. The van der Waals surface area contributed by atoms with Gasteiger partial charge in [-0.15, -0.1) is 0 Å². The molecule has 0 radical (unpaired) electrons. The molecule has 0 aliphatic carbocycles. The van der Waals surface area contributed by atoms with Crippen LogP contribution >= 0.6 is 0 Å². The molecule has 0 saturated carbocycles. The van der Waals surface area contributed by atoms with Crippen molar-refractivity contribution < 1.29 is 14.6 Å². The second kappa shape index (κ2) is 7.01. The highest BCUT2D eigenvalue weighted by atomic mass is 16.5. The number of carbonyl (C=O) groups excluding carboxylic acids is 1. The Balaban J connectivity index is 2.92. The molecule has 0 bridgehead atoms. The smallest absolute Gasteiger partial charge is 0.327 e. The molecule has 0 spiro atoms. The zero-order chi connectivity index (χ0) is 13.5. The first-order chi connectivity index (χ1) is 8.58. The second-order valence-corrected chi connectivity index (χ2v) is 4.26. The van der Waals surface area contributed by atoms with Crippen molar-refractivity contribution in [2.24, 2.45) is 0 Å². The second-order valence-electron chi connectivity index (χ2n) is 4.26. The highest BCUT2D eigenvalue weighted by Gasteiger charge is 2.23. The predicted molar refractivity (Wildman–Crippen MR) is 70.4 cm³/mol. The molecule has 0 aromatic heterocycles. The van der Waals surface area contributed by atoms with Gasteiger partial charge in [0.25, 0.3) is 0 Å². The van der Waals surface area contributed by atoms with Crippen molar-refractivity contribution in [3.8, 4) is 5.75 Å². The zero-order valence-electron chi connectivity index (χ0n) is 11.1. The van der Waals surface area contributed by atoms with Crippen LogP contribution < -0.4 is 5.32 Å². The Labute approximate surface area is 108 Å². The molecule has 100 valence electrons. The molecule has 2 atom stereocenters. The molecule has 0 heterocycles. The van der Waals surface area contributed by atoms with E-state index in [-0.39, 0.29) is 17.8 Å². The summed E-state index contributed by atoms with van der Waals surface area (Å²) in [5.74, 6) is -0.170. The topological polar surface area (TPSA) is 58.6 Å². The van der Waals surface area contributed by atoms with Crippen LogP contribution in [0.4, 0.5) is 0 Å². The van der Waals surface area contributed by atoms with E-state index < -0.39 is 6.04 Å². The first-order valence-electron chi connectivity index (χ1n) is 6.30. The maximum atomic E-state index is 11.9. The lowest BCUT2D eigenvalue weighted by Gasteiger charge is -2.21. The Morgan fingerprint density at radius 2 is 2.17 bits per heavy atom. The third-order valence-corrected chi connectivity index (χ3v) is 2.79. The van der Waals surface area contributed by atoms with Gasteiger partial charge in [-0.2, -0.15) is 0 Å². The average Bonchev–Trinajstić information content (AvgIpc) is 2.35. The monoisotopic (exact) mass is 251 g/mol. The lowest BCUT2D eigenvalue weighted by molar-refractivity contribution is -0.146. The van der Waals surface area contributed by atoms with Crippen molar-refractivity contribution in [3.05, 3.63) is 29.8 Å². The number of aromatic hydroxyl groups is 1. The van der Waals surface area contributed by atoms with Crippen LogP contribution in [0.15, 0.2) is 24.3 Å². The molecule has 1 aromatic rings. The van der Waals surface area contributed by atoms with Gasteiger partial charge < -0.3 is 9.84 Å². The van der Waals surface area contributed by atoms with Gasteiger partial charge in [0.2, 0.25) is 0 Å². The standard InChI is InChI=1S/C14H21NO3/c1-4-10(3)15-13(14(17)18-5-2)11-7-6-8-12(16)9-11/h6-10,13,15-16H,4-5H2,1-3H3. The molecule has 2 unspecified atom stereocenters. The molecule has 1 aromatic carbocycles. The van der Waals surface area contributed by atoms with Crippen LogP contribution in [-0.2, 0) is 9.53 Å². The average molecular weight is 251 g/mol. The molecule has 0 saturated heterocycles. The van der Waals surface area contributed by atoms with Crippen molar-refractivity contribution >= 4 is 5.97 Å². The van der Waals surface area contributed by atoms with Gasteiger partial charge >= 0.3 is 5.97 Å². The van der Waals surface area contributed by atoms with E-state index in [1.54, 1.807) is 31.2 Å². The summed E-state index contributed by atoms with van der Waals surface area (Å²) in [5, 5.41) is 12.7. The van der Waals surface area contributed by atoms with Crippen LogP contribution in [0, 0.1) is 0 Å². The fourth-order valence-corrected chi connectivity index (χ4v) is 1.63. The summed E-state index contributed by atoms with van der Waals surface area (Å²) in [5.41, 5.74) is 0.716. The van der Waals surface area contributed by atoms with Gasteiger partial charge in [-0.25, -0.2) is 4.79 Å². The predicted octanol–water partition coefficient (Wildman–Crippen LogP) is 2.38. The molecule has 0 amide bonds. The summed E-state index contributed by atoms with van der Waals surface area (Å²) >= 11 is 0. The number of hydrogen-bond donors (Lipinski definition) is 2. The summed E-state index contributed by atoms with van der Waals surface area (Å²) in [4.78, 5) is 11.9. The number of phenols is 1. The van der Waals surface area contributed by atoms with Gasteiger partial charge in [-0.3, -0.25) is 5.32 Å². The number of rotatable bonds is 6. The first-order valence-corrected chi connectivity index (χ1v) is 6.30. The van der Waals surface area contributed by atoms with Crippen molar-refractivity contribution in [3.63, 3.8) is 0 Å². The van der Waals surface area contributed by atoms with Crippen LogP contribution in [0.1, 0.15) is 38.8 Å². The van der Waals surface area contributed by atoms with E-state index in [2.05, 4.69) is 5.32 Å². The van der Waals surface area contributed by atoms with Gasteiger partial charge in [0.15, 0.2) is 0 Å². The minimum Gasteiger partial charge on any atom is -0.508 e. The largest absolute Gasteiger partial charge is 0.508 e. The lowest BCUT2D eigenvalue weighted by atomic mass is 10.1. The number of carbonyl (C=O) groups is 1. The summed E-state index contributed by atoms with van der Waals surface area (Å²) in [6, 6.07) is 6.34. The van der Waals surface area contributed by atoms with Gasteiger partial charge in [-0.05, 0) is 38.0 Å². The normalized spacial score (nSPS) is 13.9. The maximum Gasteiger partial charge on any atom is 0.327 e.